The lowest BCUT2D eigenvalue weighted by molar-refractivity contribution is 0.577. The fraction of sp³-hybridized carbons (Fsp3) is 0.182. The van der Waals surface area contributed by atoms with E-state index in [1.165, 1.54) is 5.69 Å². The molecule has 2 aromatic carbocycles. The summed E-state index contributed by atoms with van der Waals surface area (Å²) in [4.78, 5) is 14.3. The second-order valence-corrected chi connectivity index (χ2v) is 6.67. The van der Waals surface area contributed by atoms with Gasteiger partial charge in [0.15, 0.2) is 11.6 Å². The predicted octanol–water partition coefficient (Wildman–Crippen LogP) is 4.22. The van der Waals surface area contributed by atoms with E-state index in [2.05, 4.69) is 46.2 Å². The third kappa shape index (κ3) is 3.01. The molecule has 1 aliphatic heterocycles. The lowest BCUT2D eigenvalue weighted by atomic mass is 10.2. The molecule has 0 radical (unpaired) electrons. The molecule has 1 aliphatic rings. The third-order valence-corrected chi connectivity index (χ3v) is 5.03. The first-order valence-electron chi connectivity index (χ1n) is 9.24. The van der Waals surface area contributed by atoms with E-state index in [0.717, 1.165) is 42.9 Å². The SMILES string of the molecule is c1ccc(N2CCN(c3nc(-c4ccco4)nc4ccccc34)CC2)cc1. The van der Waals surface area contributed by atoms with Crippen LogP contribution in [0, 0.1) is 0 Å². The molecule has 134 valence electrons. The van der Waals surface area contributed by atoms with Crippen molar-refractivity contribution in [3.8, 4) is 11.6 Å². The van der Waals surface area contributed by atoms with Crippen molar-refractivity contribution >= 4 is 22.4 Å². The van der Waals surface area contributed by atoms with Gasteiger partial charge >= 0.3 is 0 Å². The molecule has 5 heteroatoms. The van der Waals surface area contributed by atoms with Gasteiger partial charge < -0.3 is 14.2 Å². The highest BCUT2D eigenvalue weighted by molar-refractivity contribution is 5.91. The average Bonchev–Trinajstić information content (AvgIpc) is 3.29. The van der Waals surface area contributed by atoms with E-state index in [0.29, 0.717) is 11.6 Å². The Morgan fingerprint density at radius 2 is 1.44 bits per heavy atom. The molecule has 1 saturated heterocycles. The highest BCUT2D eigenvalue weighted by Gasteiger charge is 2.21. The zero-order valence-corrected chi connectivity index (χ0v) is 15.0. The lowest BCUT2D eigenvalue weighted by Gasteiger charge is -2.37. The smallest absolute Gasteiger partial charge is 0.198 e. The van der Waals surface area contributed by atoms with Gasteiger partial charge in [-0.15, -0.1) is 0 Å². The van der Waals surface area contributed by atoms with Crippen molar-refractivity contribution in [1.82, 2.24) is 9.97 Å². The van der Waals surface area contributed by atoms with Gasteiger partial charge in [0, 0.05) is 37.3 Å². The Morgan fingerprint density at radius 1 is 0.704 bits per heavy atom. The molecule has 4 aromatic rings. The summed E-state index contributed by atoms with van der Waals surface area (Å²) in [5.41, 5.74) is 2.22. The monoisotopic (exact) mass is 356 g/mol. The molecule has 0 atom stereocenters. The number of rotatable bonds is 3. The molecular weight excluding hydrogens is 336 g/mol. The minimum atomic E-state index is 0.638. The normalized spacial score (nSPS) is 14.7. The number of nitrogens with zero attached hydrogens (tertiary/aromatic N) is 4. The quantitative estimate of drug-likeness (QED) is 0.550. The number of hydrogen-bond donors (Lipinski definition) is 0. The Kier molecular flexibility index (Phi) is 3.98. The van der Waals surface area contributed by atoms with E-state index >= 15 is 0 Å². The highest BCUT2D eigenvalue weighted by Crippen LogP contribution is 2.29. The fourth-order valence-corrected chi connectivity index (χ4v) is 3.63. The molecule has 5 rings (SSSR count). The van der Waals surface area contributed by atoms with Crippen molar-refractivity contribution in [1.29, 1.82) is 0 Å². The lowest BCUT2D eigenvalue weighted by Crippen LogP contribution is -2.47. The first kappa shape index (κ1) is 15.9. The summed E-state index contributed by atoms with van der Waals surface area (Å²) < 4.78 is 5.53. The molecule has 27 heavy (non-hydrogen) atoms. The van der Waals surface area contributed by atoms with Gasteiger partial charge in [0.2, 0.25) is 0 Å². The van der Waals surface area contributed by atoms with E-state index in [4.69, 9.17) is 14.4 Å². The molecule has 0 saturated carbocycles. The largest absolute Gasteiger partial charge is 0.461 e. The number of anilines is 2. The molecule has 3 heterocycles. The Labute approximate surface area is 157 Å². The third-order valence-electron chi connectivity index (χ3n) is 5.03. The van der Waals surface area contributed by atoms with Crippen LogP contribution < -0.4 is 9.80 Å². The van der Waals surface area contributed by atoms with Crippen LogP contribution in [0.3, 0.4) is 0 Å². The highest BCUT2D eigenvalue weighted by atomic mass is 16.3. The van der Waals surface area contributed by atoms with Crippen molar-refractivity contribution in [3.63, 3.8) is 0 Å². The maximum absolute atomic E-state index is 5.53. The number of benzene rings is 2. The topological polar surface area (TPSA) is 45.4 Å². The molecule has 0 amide bonds. The van der Waals surface area contributed by atoms with Crippen LogP contribution in [0.25, 0.3) is 22.5 Å². The van der Waals surface area contributed by atoms with Crippen LogP contribution in [-0.2, 0) is 0 Å². The number of piperazine rings is 1. The van der Waals surface area contributed by atoms with Crippen molar-refractivity contribution in [2.45, 2.75) is 0 Å². The molecular formula is C22H20N4O. The van der Waals surface area contributed by atoms with Gasteiger partial charge in [-0.05, 0) is 36.4 Å². The summed E-state index contributed by atoms with van der Waals surface area (Å²) in [6.45, 7) is 3.79. The summed E-state index contributed by atoms with van der Waals surface area (Å²) in [5, 5.41) is 1.08. The molecule has 0 unspecified atom stereocenters. The second-order valence-electron chi connectivity index (χ2n) is 6.67. The van der Waals surface area contributed by atoms with Gasteiger partial charge in [0.05, 0.1) is 11.8 Å². The summed E-state index contributed by atoms with van der Waals surface area (Å²) in [6.07, 6.45) is 1.66. The van der Waals surface area contributed by atoms with Crippen LogP contribution in [0.15, 0.2) is 77.4 Å². The summed E-state index contributed by atoms with van der Waals surface area (Å²) in [6, 6.07) is 22.5. The summed E-state index contributed by atoms with van der Waals surface area (Å²) in [5.74, 6) is 2.32. The van der Waals surface area contributed by atoms with Gasteiger partial charge in [-0.25, -0.2) is 9.97 Å². The van der Waals surface area contributed by atoms with Gasteiger partial charge in [0.25, 0.3) is 0 Å². The Hall–Kier alpha value is -3.34. The number of hydrogen-bond acceptors (Lipinski definition) is 5. The van der Waals surface area contributed by atoms with E-state index in [9.17, 15) is 0 Å². The average molecular weight is 356 g/mol. The standard InChI is InChI=1S/C22H20N4O/c1-2-7-17(8-3-1)25-12-14-26(15-13-25)22-18-9-4-5-10-19(18)23-21(24-22)20-11-6-16-27-20/h1-11,16H,12-15H2. The molecule has 0 bridgehead atoms. The number of aromatic nitrogens is 2. The number of furan rings is 1. The molecule has 1 fully saturated rings. The van der Waals surface area contributed by atoms with E-state index < -0.39 is 0 Å². The van der Waals surface area contributed by atoms with Crippen LogP contribution in [0.1, 0.15) is 0 Å². The van der Waals surface area contributed by atoms with Crippen molar-refractivity contribution in [2.75, 3.05) is 36.0 Å². The van der Waals surface area contributed by atoms with Crippen LogP contribution in [0.2, 0.25) is 0 Å². The molecule has 0 N–H and O–H groups in total. The molecule has 5 nitrogen and oxygen atoms in total. The Bertz CT molecular complexity index is 1040. The van der Waals surface area contributed by atoms with Crippen molar-refractivity contribution in [2.24, 2.45) is 0 Å². The van der Waals surface area contributed by atoms with E-state index in [1.807, 2.05) is 30.3 Å². The van der Waals surface area contributed by atoms with Crippen molar-refractivity contribution in [3.05, 3.63) is 73.0 Å². The van der Waals surface area contributed by atoms with E-state index in [-0.39, 0.29) is 0 Å². The van der Waals surface area contributed by atoms with Gasteiger partial charge in [0.1, 0.15) is 5.82 Å². The van der Waals surface area contributed by atoms with Gasteiger partial charge in [-0.3, -0.25) is 0 Å². The summed E-state index contributed by atoms with van der Waals surface area (Å²) in [7, 11) is 0. The van der Waals surface area contributed by atoms with Crippen LogP contribution >= 0.6 is 0 Å². The minimum Gasteiger partial charge on any atom is -0.461 e. The fourth-order valence-electron chi connectivity index (χ4n) is 3.63. The Morgan fingerprint density at radius 3 is 2.22 bits per heavy atom. The van der Waals surface area contributed by atoms with Crippen LogP contribution in [0.4, 0.5) is 11.5 Å². The summed E-state index contributed by atoms with van der Waals surface area (Å²) >= 11 is 0. The van der Waals surface area contributed by atoms with Gasteiger partial charge in [-0.1, -0.05) is 30.3 Å². The Balaban J connectivity index is 1.48. The number of fused-ring (bicyclic) bond motifs is 1. The predicted molar refractivity (Wildman–Crippen MR) is 108 cm³/mol. The van der Waals surface area contributed by atoms with Crippen LogP contribution in [-0.4, -0.2) is 36.1 Å². The van der Waals surface area contributed by atoms with Crippen LogP contribution in [0.5, 0.6) is 0 Å². The minimum absolute atomic E-state index is 0.638. The van der Waals surface area contributed by atoms with E-state index in [1.54, 1.807) is 6.26 Å². The molecule has 0 spiro atoms. The second kappa shape index (κ2) is 6.76. The maximum atomic E-state index is 5.53. The van der Waals surface area contributed by atoms with Crippen molar-refractivity contribution < 1.29 is 4.42 Å². The zero-order chi connectivity index (χ0) is 18.1. The maximum Gasteiger partial charge on any atom is 0.198 e. The first-order valence-corrected chi connectivity index (χ1v) is 9.24. The molecule has 0 aliphatic carbocycles. The molecule has 2 aromatic heterocycles. The first-order chi connectivity index (χ1) is 13.4. The van der Waals surface area contributed by atoms with Gasteiger partial charge in [-0.2, -0.15) is 0 Å². The number of para-hydroxylation sites is 2. The zero-order valence-electron chi connectivity index (χ0n) is 15.0.